The molecule has 1 saturated heterocycles. The van der Waals surface area contributed by atoms with Crippen molar-refractivity contribution >= 4 is 38.0 Å². The van der Waals surface area contributed by atoms with Gasteiger partial charge in [-0.3, -0.25) is 10.1 Å². The van der Waals surface area contributed by atoms with E-state index in [1.807, 2.05) is 24.3 Å². The molecular formula is C20H13NO5. The van der Waals surface area contributed by atoms with Crippen LogP contribution in [0.3, 0.4) is 0 Å². The first kappa shape index (κ1) is 14.4. The number of nitrogens with zero attached hydrogens (tertiary/aromatic N) is 1. The molecular weight excluding hydrogens is 334 g/mol. The third kappa shape index (κ3) is 1.57. The van der Waals surface area contributed by atoms with E-state index in [0.29, 0.717) is 10.9 Å². The van der Waals surface area contributed by atoms with Gasteiger partial charge in [0.25, 0.3) is 5.69 Å². The van der Waals surface area contributed by atoms with Crippen LogP contribution in [-0.2, 0) is 4.74 Å². The molecule has 0 amide bonds. The number of benzene rings is 4. The largest absolute Gasteiger partial charge is 0.387 e. The highest BCUT2D eigenvalue weighted by atomic mass is 16.6. The Balaban J connectivity index is 1.82. The van der Waals surface area contributed by atoms with Gasteiger partial charge in [-0.25, -0.2) is 0 Å². The molecule has 6 heteroatoms. The molecule has 2 N–H and O–H groups in total. The molecule has 0 aromatic heterocycles. The lowest BCUT2D eigenvalue weighted by Crippen LogP contribution is -2.29. The number of hydrogen-bond donors (Lipinski definition) is 2. The van der Waals surface area contributed by atoms with E-state index in [0.717, 1.165) is 32.5 Å². The fourth-order valence-corrected chi connectivity index (χ4v) is 4.61. The number of rotatable bonds is 1. The predicted octanol–water partition coefficient (Wildman–Crippen LogP) is 3.34. The third-order valence-electron chi connectivity index (χ3n) is 5.82. The number of epoxide rings is 1. The maximum atomic E-state index is 11.4. The minimum atomic E-state index is -0.995. The van der Waals surface area contributed by atoms with Crippen LogP contribution in [0.5, 0.6) is 0 Å². The van der Waals surface area contributed by atoms with Crippen LogP contribution in [0, 0.1) is 10.1 Å². The molecule has 1 aliphatic carbocycles. The second kappa shape index (κ2) is 4.48. The summed E-state index contributed by atoms with van der Waals surface area (Å²) in [5.74, 6) is 0. The second-order valence-corrected chi connectivity index (χ2v) is 7.10. The van der Waals surface area contributed by atoms with Gasteiger partial charge in [-0.1, -0.05) is 18.2 Å². The van der Waals surface area contributed by atoms with E-state index in [1.165, 1.54) is 6.07 Å². The van der Waals surface area contributed by atoms with Crippen LogP contribution in [0.25, 0.3) is 32.3 Å². The number of fused-ring (bicyclic) bond motifs is 4. The lowest BCUT2D eigenvalue weighted by atomic mass is 9.81. The average Bonchev–Trinajstić information content (AvgIpc) is 3.43. The van der Waals surface area contributed by atoms with E-state index in [2.05, 4.69) is 0 Å². The summed E-state index contributed by atoms with van der Waals surface area (Å²) in [6, 6.07) is 12.7. The highest BCUT2D eigenvalue weighted by Gasteiger charge is 2.54. The van der Waals surface area contributed by atoms with Crippen molar-refractivity contribution in [3.8, 4) is 0 Å². The summed E-state index contributed by atoms with van der Waals surface area (Å²) in [5.41, 5.74) is 1.65. The van der Waals surface area contributed by atoms with Crippen LogP contribution >= 0.6 is 0 Å². The van der Waals surface area contributed by atoms with Crippen molar-refractivity contribution in [2.45, 2.75) is 24.4 Å². The quantitative estimate of drug-likeness (QED) is 0.238. The van der Waals surface area contributed by atoms with E-state index in [9.17, 15) is 20.3 Å². The summed E-state index contributed by atoms with van der Waals surface area (Å²) in [5, 5.41) is 37.3. The molecule has 128 valence electrons. The second-order valence-electron chi connectivity index (χ2n) is 7.10. The molecule has 1 aliphatic heterocycles. The van der Waals surface area contributed by atoms with Gasteiger partial charge in [-0.15, -0.1) is 0 Å². The lowest BCUT2D eigenvalue weighted by molar-refractivity contribution is -0.383. The first-order chi connectivity index (χ1) is 12.6. The monoisotopic (exact) mass is 347 g/mol. The zero-order valence-electron chi connectivity index (χ0n) is 13.4. The highest BCUT2D eigenvalue weighted by Crippen LogP contribution is 2.54. The Morgan fingerprint density at radius 1 is 0.962 bits per heavy atom. The highest BCUT2D eigenvalue weighted by molar-refractivity contribution is 6.25. The van der Waals surface area contributed by atoms with Crippen molar-refractivity contribution in [1.29, 1.82) is 0 Å². The van der Waals surface area contributed by atoms with Crippen LogP contribution in [0.4, 0.5) is 5.69 Å². The number of ether oxygens (including phenoxy) is 1. The van der Waals surface area contributed by atoms with Gasteiger partial charge in [-0.2, -0.15) is 0 Å². The summed E-state index contributed by atoms with van der Waals surface area (Å²) in [7, 11) is 0. The van der Waals surface area contributed by atoms with Crippen molar-refractivity contribution in [3.05, 3.63) is 63.7 Å². The number of hydrogen-bond acceptors (Lipinski definition) is 5. The molecule has 0 spiro atoms. The SMILES string of the molecule is O=[N+]([O-])c1ccc2ccc3c4c(cc5ccc1c2c53)[C@@H](O)[C@H](O)[C@@H]1O[C@H]41. The maximum Gasteiger partial charge on any atom is 0.277 e. The van der Waals surface area contributed by atoms with E-state index in [4.69, 9.17) is 4.74 Å². The number of nitro benzene ring substituents is 1. The topological polar surface area (TPSA) is 96.1 Å². The number of nitro groups is 1. The van der Waals surface area contributed by atoms with Gasteiger partial charge >= 0.3 is 0 Å². The Morgan fingerprint density at radius 2 is 1.65 bits per heavy atom. The molecule has 2 aliphatic rings. The number of aliphatic hydroxyl groups excluding tert-OH is 2. The lowest BCUT2D eigenvalue weighted by Gasteiger charge is -2.25. The van der Waals surface area contributed by atoms with E-state index in [1.54, 1.807) is 12.1 Å². The Labute approximate surface area is 146 Å². The first-order valence-electron chi connectivity index (χ1n) is 8.46. The summed E-state index contributed by atoms with van der Waals surface area (Å²) < 4.78 is 5.62. The molecule has 0 saturated carbocycles. The van der Waals surface area contributed by atoms with E-state index < -0.39 is 12.2 Å². The first-order valence-corrected chi connectivity index (χ1v) is 8.46. The van der Waals surface area contributed by atoms with Gasteiger partial charge in [0.2, 0.25) is 0 Å². The standard InChI is InChI=1S/C20H13NO5/c22-17-12-7-9-2-4-10-13(21(24)25)6-3-8-1-5-11(15(9)14(8)10)16(12)19-20(26-19)18(17)23/h1-7,17-20,22-23H/t17-,18+,19-,20+/m1/s1. The minimum absolute atomic E-state index is 0.0839. The Hall–Kier alpha value is -2.80. The molecule has 1 fully saturated rings. The van der Waals surface area contributed by atoms with Crippen molar-refractivity contribution in [1.82, 2.24) is 0 Å². The minimum Gasteiger partial charge on any atom is -0.387 e. The van der Waals surface area contributed by atoms with Crippen molar-refractivity contribution in [2.75, 3.05) is 0 Å². The van der Waals surface area contributed by atoms with Gasteiger partial charge in [0.05, 0.1) is 10.3 Å². The predicted molar refractivity (Wildman–Crippen MR) is 95.4 cm³/mol. The van der Waals surface area contributed by atoms with Crippen LogP contribution < -0.4 is 0 Å². The molecule has 1 heterocycles. The normalized spacial score (nSPS) is 27.0. The summed E-state index contributed by atoms with van der Waals surface area (Å²) >= 11 is 0. The van der Waals surface area contributed by atoms with Crippen molar-refractivity contribution in [2.24, 2.45) is 0 Å². The zero-order chi connectivity index (χ0) is 17.7. The number of non-ortho nitro benzene ring substituents is 1. The third-order valence-corrected chi connectivity index (χ3v) is 5.82. The summed E-state index contributed by atoms with van der Waals surface area (Å²) in [6.45, 7) is 0. The Bertz CT molecular complexity index is 1250. The van der Waals surface area contributed by atoms with Crippen molar-refractivity contribution in [3.63, 3.8) is 0 Å². The molecule has 0 unspecified atom stereocenters. The Kier molecular flexibility index (Phi) is 2.48. The fourth-order valence-electron chi connectivity index (χ4n) is 4.61. The van der Waals surface area contributed by atoms with Crippen LogP contribution in [-0.4, -0.2) is 27.3 Å². The molecule has 6 nitrogen and oxygen atoms in total. The molecule has 0 radical (unpaired) electrons. The molecule has 4 aromatic rings. The van der Waals surface area contributed by atoms with E-state index in [-0.39, 0.29) is 22.8 Å². The summed E-state index contributed by atoms with van der Waals surface area (Å²) in [6.07, 6.45) is -2.54. The van der Waals surface area contributed by atoms with Crippen LogP contribution in [0.2, 0.25) is 0 Å². The van der Waals surface area contributed by atoms with Crippen LogP contribution in [0.15, 0.2) is 42.5 Å². The zero-order valence-corrected chi connectivity index (χ0v) is 13.4. The van der Waals surface area contributed by atoms with Crippen molar-refractivity contribution < 1.29 is 19.9 Å². The molecule has 4 atom stereocenters. The van der Waals surface area contributed by atoms with E-state index >= 15 is 0 Å². The molecule has 6 rings (SSSR count). The van der Waals surface area contributed by atoms with Gasteiger partial charge < -0.3 is 14.9 Å². The van der Waals surface area contributed by atoms with Gasteiger partial charge in [0.1, 0.15) is 24.4 Å². The van der Waals surface area contributed by atoms with Gasteiger partial charge in [0, 0.05) is 11.5 Å². The fraction of sp³-hybridized carbons (Fsp3) is 0.200. The smallest absolute Gasteiger partial charge is 0.277 e. The molecule has 0 bridgehead atoms. The molecule has 26 heavy (non-hydrogen) atoms. The van der Waals surface area contributed by atoms with Gasteiger partial charge in [-0.05, 0) is 50.9 Å². The van der Waals surface area contributed by atoms with Crippen LogP contribution in [0.1, 0.15) is 23.3 Å². The maximum absolute atomic E-state index is 11.4. The summed E-state index contributed by atoms with van der Waals surface area (Å²) in [4.78, 5) is 11.1. The van der Waals surface area contributed by atoms with Gasteiger partial charge in [0.15, 0.2) is 0 Å². The Morgan fingerprint density at radius 3 is 2.46 bits per heavy atom. The average molecular weight is 347 g/mol. The molecule has 4 aromatic carbocycles. The number of aliphatic hydroxyl groups is 2.